The first kappa shape index (κ1) is 28.7. The summed E-state index contributed by atoms with van der Waals surface area (Å²) in [5, 5.41) is 0. The van der Waals surface area contributed by atoms with Crippen molar-refractivity contribution in [1.29, 1.82) is 0 Å². The van der Waals surface area contributed by atoms with Crippen LogP contribution in [0.2, 0.25) is 0 Å². The van der Waals surface area contributed by atoms with E-state index in [2.05, 4.69) is 6.92 Å². The van der Waals surface area contributed by atoms with Crippen LogP contribution < -0.4 is 9.47 Å². The van der Waals surface area contributed by atoms with Gasteiger partial charge in [-0.05, 0) is 91.5 Å². The molecule has 3 aromatic rings. The molecule has 1 aliphatic rings. The molecule has 1 aliphatic carbocycles. The van der Waals surface area contributed by atoms with E-state index in [4.69, 9.17) is 14.2 Å². The number of carbonyl (C=O) groups is 1. The number of benzene rings is 3. The van der Waals surface area contributed by atoms with Crippen LogP contribution in [0, 0.1) is 17.5 Å². The third-order valence-corrected chi connectivity index (χ3v) is 7.09. The Morgan fingerprint density at radius 1 is 0.795 bits per heavy atom. The molecule has 0 bridgehead atoms. The van der Waals surface area contributed by atoms with Gasteiger partial charge in [-0.2, -0.15) is 4.39 Å². The molecule has 0 spiro atoms. The molecule has 0 unspecified atom stereocenters. The van der Waals surface area contributed by atoms with Crippen LogP contribution in [0.4, 0.5) is 13.2 Å². The lowest BCUT2D eigenvalue weighted by atomic mass is 9.82. The molecule has 0 aromatic heterocycles. The minimum atomic E-state index is -1.17. The van der Waals surface area contributed by atoms with Crippen LogP contribution in [0.15, 0.2) is 54.6 Å². The van der Waals surface area contributed by atoms with Crippen molar-refractivity contribution in [3.8, 4) is 22.6 Å². The topological polar surface area (TPSA) is 44.8 Å². The summed E-state index contributed by atoms with van der Waals surface area (Å²) in [6.45, 7) is 5.25. The van der Waals surface area contributed by atoms with E-state index in [-0.39, 0.29) is 23.3 Å². The van der Waals surface area contributed by atoms with Crippen LogP contribution in [0.1, 0.15) is 80.6 Å². The molecule has 39 heavy (non-hydrogen) atoms. The van der Waals surface area contributed by atoms with Crippen molar-refractivity contribution < 1.29 is 32.2 Å². The van der Waals surface area contributed by atoms with Gasteiger partial charge in [-0.3, -0.25) is 0 Å². The van der Waals surface area contributed by atoms with Gasteiger partial charge in [0.15, 0.2) is 23.1 Å². The highest BCUT2D eigenvalue weighted by atomic mass is 19.2. The molecule has 3 aromatic carbocycles. The Labute approximate surface area is 228 Å². The maximum atomic E-state index is 15.0. The second-order valence-corrected chi connectivity index (χ2v) is 9.94. The first-order chi connectivity index (χ1) is 18.9. The molecule has 0 radical (unpaired) electrons. The van der Waals surface area contributed by atoms with Crippen molar-refractivity contribution >= 4 is 5.97 Å². The number of hydrogen-bond donors (Lipinski definition) is 0. The van der Waals surface area contributed by atoms with E-state index in [0.29, 0.717) is 42.7 Å². The first-order valence-corrected chi connectivity index (χ1v) is 13.8. The van der Waals surface area contributed by atoms with Crippen LogP contribution in [-0.4, -0.2) is 25.3 Å². The quantitative estimate of drug-likeness (QED) is 0.139. The van der Waals surface area contributed by atoms with Crippen LogP contribution in [0.5, 0.6) is 11.5 Å². The second-order valence-electron chi connectivity index (χ2n) is 9.94. The van der Waals surface area contributed by atoms with Crippen molar-refractivity contribution in [1.82, 2.24) is 0 Å². The minimum Gasteiger partial charge on any atom is -0.491 e. The van der Waals surface area contributed by atoms with Gasteiger partial charge in [-0.15, -0.1) is 0 Å². The van der Waals surface area contributed by atoms with Crippen LogP contribution in [-0.2, 0) is 4.74 Å². The van der Waals surface area contributed by atoms with E-state index in [9.17, 15) is 18.0 Å². The fourth-order valence-corrected chi connectivity index (χ4v) is 4.85. The number of carbonyl (C=O) groups excluding carboxylic acids is 1. The number of hydrogen-bond acceptors (Lipinski definition) is 4. The van der Waals surface area contributed by atoms with Crippen molar-refractivity contribution in [3.63, 3.8) is 0 Å². The second kappa shape index (κ2) is 13.7. The summed E-state index contributed by atoms with van der Waals surface area (Å²) in [5.74, 6) is -3.78. The zero-order chi connectivity index (χ0) is 27.8. The number of rotatable bonds is 11. The summed E-state index contributed by atoms with van der Waals surface area (Å²) in [5.41, 5.74) is 1.76. The van der Waals surface area contributed by atoms with Crippen LogP contribution >= 0.6 is 0 Å². The third-order valence-electron chi connectivity index (χ3n) is 7.09. The molecular formula is C32H35F3O4. The van der Waals surface area contributed by atoms with Crippen molar-refractivity contribution in [2.24, 2.45) is 0 Å². The maximum absolute atomic E-state index is 15.0. The molecule has 0 amide bonds. The summed E-state index contributed by atoms with van der Waals surface area (Å²) in [6, 6.07) is 13.8. The molecule has 1 saturated carbocycles. The van der Waals surface area contributed by atoms with Gasteiger partial charge in [-0.1, -0.05) is 44.5 Å². The van der Waals surface area contributed by atoms with E-state index in [1.165, 1.54) is 30.3 Å². The normalized spacial score (nSPS) is 17.2. The SMILES string of the molecule is CCCCOc1ccc(-c2ccc(C(=O)Oc3ccc(C4CCC(OCCC)CC4)c(F)c3F)cc2)cc1F. The Balaban J connectivity index is 1.39. The van der Waals surface area contributed by atoms with Gasteiger partial charge in [0.25, 0.3) is 0 Å². The zero-order valence-electron chi connectivity index (χ0n) is 22.5. The van der Waals surface area contributed by atoms with E-state index in [1.54, 1.807) is 24.3 Å². The largest absolute Gasteiger partial charge is 0.491 e. The average molecular weight is 541 g/mol. The number of unbranched alkanes of at least 4 members (excludes halogenated alkanes) is 1. The Hall–Kier alpha value is -3.32. The average Bonchev–Trinajstić information content (AvgIpc) is 2.96. The monoisotopic (exact) mass is 540 g/mol. The molecule has 1 fully saturated rings. The Kier molecular flexibility index (Phi) is 10.0. The number of halogens is 3. The summed E-state index contributed by atoms with van der Waals surface area (Å²) in [6.07, 6.45) is 5.97. The Morgan fingerprint density at radius 3 is 2.15 bits per heavy atom. The van der Waals surface area contributed by atoms with E-state index < -0.39 is 29.2 Å². The van der Waals surface area contributed by atoms with Gasteiger partial charge in [0.05, 0.1) is 18.3 Å². The fourth-order valence-electron chi connectivity index (χ4n) is 4.85. The predicted octanol–water partition coefficient (Wildman–Crippen LogP) is 8.62. The van der Waals surface area contributed by atoms with Gasteiger partial charge in [0.1, 0.15) is 0 Å². The molecule has 4 nitrogen and oxygen atoms in total. The highest BCUT2D eigenvalue weighted by molar-refractivity contribution is 5.91. The van der Waals surface area contributed by atoms with Crippen LogP contribution in [0.25, 0.3) is 11.1 Å². The van der Waals surface area contributed by atoms with E-state index in [1.807, 2.05) is 6.92 Å². The molecule has 0 aliphatic heterocycles. The summed E-state index contributed by atoms with van der Waals surface area (Å²) >= 11 is 0. The minimum absolute atomic E-state index is 0.0971. The molecule has 0 heterocycles. The standard InChI is InChI=1S/C32H35F3O4/c1-3-5-19-38-28-16-12-24(20-27(28)33)21-6-8-23(9-7-21)32(36)39-29-17-15-26(30(34)31(29)35)22-10-13-25(14-11-22)37-18-4-2/h6-9,12,15-17,20,22,25H,3-5,10-11,13-14,18-19H2,1-2H3. The van der Waals surface area contributed by atoms with Gasteiger partial charge in [0, 0.05) is 6.61 Å². The summed E-state index contributed by atoms with van der Waals surface area (Å²) in [7, 11) is 0. The molecule has 0 atom stereocenters. The number of esters is 1. The first-order valence-electron chi connectivity index (χ1n) is 13.8. The molecule has 4 rings (SSSR count). The lowest BCUT2D eigenvalue weighted by molar-refractivity contribution is 0.0248. The lowest BCUT2D eigenvalue weighted by Gasteiger charge is -2.29. The molecule has 208 valence electrons. The van der Waals surface area contributed by atoms with Gasteiger partial charge >= 0.3 is 5.97 Å². The summed E-state index contributed by atoms with van der Waals surface area (Å²) in [4.78, 5) is 12.7. The predicted molar refractivity (Wildman–Crippen MR) is 145 cm³/mol. The Bertz CT molecular complexity index is 1250. The van der Waals surface area contributed by atoms with Gasteiger partial charge < -0.3 is 14.2 Å². The Morgan fingerprint density at radius 2 is 1.49 bits per heavy atom. The molecule has 0 N–H and O–H groups in total. The van der Waals surface area contributed by atoms with Crippen LogP contribution in [0.3, 0.4) is 0 Å². The third kappa shape index (κ3) is 7.21. The van der Waals surface area contributed by atoms with Crippen molar-refractivity contribution in [2.45, 2.75) is 70.8 Å². The highest BCUT2D eigenvalue weighted by Gasteiger charge is 2.27. The molecular weight excluding hydrogens is 505 g/mol. The van der Waals surface area contributed by atoms with E-state index in [0.717, 1.165) is 32.1 Å². The zero-order valence-corrected chi connectivity index (χ0v) is 22.5. The molecule has 7 heteroatoms. The van der Waals surface area contributed by atoms with Gasteiger partial charge in [0.2, 0.25) is 5.82 Å². The highest BCUT2D eigenvalue weighted by Crippen LogP contribution is 2.37. The van der Waals surface area contributed by atoms with Crippen molar-refractivity contribution in [2.75, 3.05) is 13.2 Å². The number of ether oxygens (including phenoxy) is 3. The van der Waals surface area contributed by atoms with Crippen molar-refractivity contribution in [3.05, 3.63) is 83.2 Å². The smallest absolute Gasteiger partial charge is 0.343 e. The summed E-state index contributed by atoms with van der Waals surface area (Å²) < 4.78 is 60.7. The fraction of sp³-hybridized carbons (Fsp3) is 0.406. The molecule has 0 saturated heterocycles. The van der Waals surface area contributed by atoms with Gasteiger partial charge in [-0.25, -0.2) is 13.6 Å². The lowest BCUT2D eigenvalue weighted by Crippen LogP contribution is -2.22. The van der Waals surface area contributed by atoms with E-state index >= 15 is 0 Å². The maximum Gasteiger partial charge on any atom is 0.343 e.